The molecule has 0 saturated carbocycles. The van der Waals surface area contributed by atoms with Crippen molar-refractivity contribution in [1.29, 1.82) is 0 Å². The van der Waals surface area contributed by atoms with Crippen molar-refractivity contribution in [1.82, 2.24) is 0 Å². The molecular formula is C86H60N2O2. The lowest BCUT2D eigenvalue weighted by atomic mass is 9.96. The average Bonchev–Trinajstić information content (AvgIpc) is 1.55. The zero-order valence-corrected chi connectivity index (χ0v) is 49.9. The van der Waals surface area contributed by atoms with Crippen LogP contribution in [0, 0.1) is 13.8 Å². The summed E-state index contributed by atoms with van der Waals surface area (Å²) >= 11 is 0. The Balaban J connectivity index is 0.787. The van der Waals surface area contributed by atoms with E-state index in [0.717, 1.165) is 145 Å². The summed E-state index contributed by atoms with van der Waals surface area (Å²) in [5.74, 6) is 0. The van der Waals surface area contributed by atoms with Crippen LogP contribution in [0.1, 0.15) is 11.1 Å². The van der Waals surface area contributed by atoms with Gasteiger partial charge in [0.1, 0.15) is 22.3 Å². The number of fused-ring (bicyclic) bond motifs is 6. The molecule has 4 heteroatoms. The van der Waals surface area contributed by atoms with E-state index in [1.165, 1.54) is 22.3 Å². The van der Waals surface area contributed by atoms with Crippen LogP contribution in [0.25, 0.3) is 122 Å². The second-order valence-corrected chi connectivity index (χ2v) is 23.2. The standard InChI is InChI=1S/C86H60N2O2/c1-57-55-67(47-53-79(57)87(69-49-43-65(44-50-69)63-39-35-61(36-40-63)59-19-5-3-6-20-59)81-31-13-9-23-71(81)75-27-17-29-77-73-25-11-15-33-83(73)89-85(75)77)68-48-54-80(58(2)56-68)88(70-51-45-66(46-52-70)64-41-37-62(38-42-64)60-21-7-4-8-22-60)82-32-14-10-24-72(82)76-28-18-30-78-74-26-12-16-34-84(74)90-86(76)78/h3-56H,1-2H3. The third kappa shape index (κ3) is 9.78. The smallest absolute Gasteiger partial charge is 0.143 e. The van der Waals surface area contributed by atoms with Crippen molar-refractivity contribution in [3.63, 3.8) is 0 Å². The molecule has 4 nitrogen and oxygen atoms in total. The van der Waals surface area contributed by atoms with Crippen LogP contribution in [0.15, 0.2) is 336 Å². The van der Waals surface area contributed by atoms with E-state index < -0.39 is 0 Å². The largest absolute Gasteiger partial charge is 0.455 e. The summed E-state index contributed by atoms with van der Waals surface area (Å²) in [6, 6.07) is 118. The van der Waals surface area contributed by atoms with Gasteiger partial charge in [-0.3, -0.25) is 0 Å². The molecule has 0 radical (unpaired) electrons. The topological polar surface area (TPSA) is 32.8 Å². The third-order valence-corrected chi connectivity index (χ3v) is 17.8. The zero-order chi connectivity index (χ0) is 60.1. The van der Waals surface area contributed by atoms with E-state index in [1.54, 1.807) is 0 Å². The van der Waals surface area contributed by atoms with Crippen LogP contribution < -0.4 is 9.80 Å². The van der Waals surface area contributed by atoms with Gasteiger partial charge in [-0.25, -0.2) is 0 Å². The van der Waals surface area contributed by atoms with Crippen molar-refractivity contribution in [2.45, 2.75) is 13.8 Å². The molecule has 0 fully saturated rings. The fraction of sp³-hybridized carbons (Fsp3) is 0.0233. The number of anilines is 6. The maximum atomic E-state index is 6.72. The molecule has 16 aromatic rings. The minimum Gasteiger partial charge on any atom is -0.455 e. The Morgan fingerprint density at radius 1 is 0.211 bits per heavy atom. The van der Waals surface area contributed by atoms with Crippen molar-refractivity contribution < 1.29 is 8.83 Å². The number of furan rings is 2. The molecule has 14 aromatic carbocycles. The first-order valence-electron chi connectivity index (χ1n) is 30.8. The second kappa shape index (κ2) is 22.9. The lowest BCUT2D eigenvalue weighted by Crippen LogP contribution is -2.13. The van der Waals surface area contributed by atoms with Gasteiger partial charge in [0.15, 0.2) is 0 Å². The van der Waals surface area contributed by atoms with E-state index in [-0.39, 0.29) is 0 Å². The van der Waals surface area contributed by atoms with Gasteiger partial charge in [-0.2, -0.15) is 0 Å². The van der Waals surface area contributed by atoms with Crippen molar-refractivity contribution in [3.05, 3.63) is 339 Å². The maximum Gasteiger partial charge on any atom is 0.143 e. The summed E-state index contributed by atoms with van der Waals surface area (Å²) in [7, 11) is 0. The number of para-hydroxylation sites is 6. The second-order valence-electron chi connectivity index (χ2n) is 23.2. The molecule has 0 aliphatic carbocycles. The normalized spacial score (nSPS) is 11.4. The van der Waals surface area contributed by atoms with E-state index in [1.807, 2.05) is 12.1 Å². The summed E-state index contributed by atoms with van der Waals surface area (Å²) in [6.45, 7) is 4.47. The van der Waals surface area contributed by atoms with Gasteiger partial charge in [0, 0.05) is 66.5 Å². The Kier molecular flexibility index (Phi) is 13.6. The SMILES string of the molecule is Cc1cc(-c2ccc(N(c3ccc(-c4ccc(-c5ccccc5)cc4)cc3)c3ccccc3-c3cccc4c3oc3ccccc34)c(C)c2)ccc1N(c1ccc(-c2ccc(-c3ccccc3)cc2)cc1)c1ccccc1-c1cccc2c1oc1ccccc12. The Labute approximate surface area is 524 Å². The van der Waals surface area contributed by atoms with Crippen LogP contribution in [0.4, 0.5) is 34.1 Å². The van der Waals surface area contributed by atoms with Gasteiger partial charge in [-0.05, 0) is 153 Å². The van der Waals surface area contributed by atoms with Gasteiger partial charge >= 0.3 is 0 Å². The van der Waals surface area contributed by atoms with Gasteiger partial charge < -0.3 is 18.6 Å². The Hall–Kier alpha value is -11.7. The van der Waals surface area contributed by atoms with Crippen molar-refractivity contribution in [3.8, 4) is 77.9 Å². The molecular weight excluding hydrogens is 1090 g/mol. The molecule has 426 valence electrons. The summed E-state index contributed by atoms with van der Waals surface area (Å²) in [4.78, 5) is 4.83. The number of hydrogen-bond donors (Lipinski definition) is 0. The van der Waals surface area contributed by atoms with Gasteiger partial charge in [0.05, 0.1) is 11.4 Å². The number of nitrogens with zero attached hydrogens (tertiary/aromatic N) is 2. The Morgan fingerprint density at radius 3 is 0.878 bits per heavy atom. The van der Waals surface area contributed by atoms with Crippen LogP contribution in [-0.2, 0) is 0 Å². The van der Waals surface area contributed by atoms with Gasteiger partial charge in [0.2, 0.25) is 0 Å². The first-order chi connectivity index (χ1) is 44.5. The van der Waals surface area contributed by atoms with Gasteiger partial charge in [0.25, 0.3) is 0 Å². The van der Waals surface area contributed by atoms with E-state index in [9.17, 15) is 0 Å². The van der Waals surface area contributed by atoms with Crippen LogP contribution >= 0.6 is 0 Å². The van der Waals surface area contributed by atoms with Crippen LogP contribution in [-0.4, -0.2) is 0 Å². The minimum absolute atomic E-state index is 0.874. The Morgan fingerprint density at radius 2 is 0.500 bits per heavy atom. The number of benzene rings is 14. The lowest BCUT2D eigenvalue weighted by Gasteiger charge is -2.30. The highest BCUT2D eigenvalue weighted by atomic mass is 16.3. The predicted molar refractivity (Wildman–Crippen MR) is 378 cm³/mol. The molecule has 90 heavy (non-hydrogen) atoms. The van der Waals surface area contributed by atoms with Crippen molar-refractivity contribution in [2.75, 3.05) is 9.80 Å². The molecule has 2 heterocycles. The fourth-order valence-corrected chi connectivity index (χ4v) is 13.3. The molecule has 0 N–H and O–H groups in total. The highest BCUT2D eigenvalue weighted by Gasteiger charge is 2.25. The Bertz CT molecular complexity index is 4960. The lowest BCUT2D eigenvalue weighted by molar-refractivity contribution is 0.669. The van der Waals surface area contributed by atoms with Crippen molar-refractivity contribution >= 4 is 78.0 Å². The van der Waals surface area contributed by atoms with Crippen LogP contribution in [0.2, 0.25) is 0 Å². The summed E-state index contributed by atoms with van der Waals surface area (Å²) in [5.41, 5.74) is 28.0. The van der Waals surface area contributed by atoms with E-state index in [0.29, 0.717) is 0 Å². The molecule has 0 spiro atoms. The molecule has 16 rings (SSSR count). The molecule has 0 saturated heterocycles. The fourth-order valence-electron chi connectivity index (χ4n) is 13.3. The highest BCUT2D eigenvalue weighted by molar-refractivity contribution is 6.12. The zero-order valence-electron chi connectivity index (χ0n) is 49.9. The highest BCUT2D eigenvalue weighted by Crippen LogP contribution is 2.49. The summed E-state index contributed by atoms with van der Waals surface area (Å²) in [6.07, 6.45) is 0. The minimum atomic E-state index is 0.874. The molecule has 0 unspecified atom stereocenters. The van der Waals surface area contributed by atoms with E-state index in [4.69, 9.17) is 8.83 Å². The maximum absolute atomic E-state index is 6.72. The van der Waals surface area contributed by atoms with Crippen LogP contribution in [0.5, 0.6) is 0 Å². The number of aryl methyl sites for hydroxylation is 2. The first kappa shape index (κ1) is 53.7. The van der Waals surface area contributed by atoms with Crippen LogP contribution in [0.3, 0.4) is 0 Å². The molecule has 0 aliphatic heterocycles. The molecule has 0 atom stereocenters. The van der Waals surface area contributed by atoms with Gasteiger partial charge in [-0.15, -0.1) is 0 Å². The molecule has 0 bridgehead atoms. The first-order valence-corrected chi connectivity index (χ1v) is 30.8. The van der Waals surface area contributed by atoms with Gasteiger partial charge in [-0.1, -0.05) is 255 Å². The third-order valence-electron chi connectivity index (χ3n) is 17.8. The average molecular weight is 1150 g/mol. The molecule has 0 aliphatic rings. The monoisotopic (exact) mass is 1150 g/mol. The van der Waals surface area contributed by atoms with Crippen molar-refractivity contribution in [2.24, 2.45) is 0 Å². The van der Waals surface area contributed by atoms with E-state index in [2.05, 4.69) is 339 Å². The van der Waals surface area contributed by atoms with E-state index >= 15 is 0 Å². The quantitative estimate of drug-likeness (QED) is 0.115. The summed E-state index contributed by atoms with van der Waals surface area (Å²) in [5, 5.41) is 4.41. The molecule has 0 amide bonds. The summed E-state index contributed by atoms with van der Waals surface area (Å²) < 4.78 is 13.4. The number of rotatable bonds is 13. The number of hydrogen-bond acceptors (Lipinski definition) is 4. The molecule has 2 aromatic heterocycles. The predicted octanol–water partition coefficient (Wildman–Crippen LogP) is 24.7.